The van der Waals surface area contributed by atoms with Crippen molar-refractivity contribution in [2.24, 2.45) is 0 Å². The van der Waals surface area contributed by atoms with Gasteiger partial charge in [0.2, 0.25) is 6.41 Å². The molecule has 1 atom stereocenters. The predicted molar refractivity (Wildman–Crippen MR) is 61.4 cm³/mol. The number of rotatable bonds is 3. The number of hydrogen-bond donors (Lipinski definition) is 1. The molecule has 1 saturated heterocycles. The van der Waals surface area contributed by atoms with Crippen LogP contribution in [0, 0.1) is 13.8 Å². The van der Waals surface area contributed by atoms with Crippen LogP contribution in [0.3, 0.4) is 0 Å². The van der Waals surface area contributed by atoms with E-state index in [1.165, 1.54) is 0 Å². The van der Waals surface area contributed by atoms with Crippen molar-refractivity contribution < 1.29 is 14.0 Å². The Balaban J connectivity index is 2.19. The van der Waals surface area contributed by atoms with Crippen molar-refractivity contribution in [2.45, 2.75) is 32.9 Å². The third kappa shape index (κ3) is 2.18. The molecule has 1 aliphatic rings. The zero-order valence-electron chi connectivity index (χ0n) is 10.0. The van der Waals surface area contributed by atoms with Crippen LogP contribution in [0.2, 0.25) is 0 Å². The van der Waals surface area contributed by atoms with Crippen molar-refractivity contribution in [3.8, 4) is 0 Å². The summed E-state index contributed by atoms with van der Waals surface area (Å²) in [5.41, 5.74) is 0.585. The van der Waals surface area contributed by atoms with E-state index in [0.717, 1.165) is 18.6 Å². The molecule has 2 amide bonds. The van der Waals surface area contributed by atoms with E-state index in [1.807, 2.05) is 6.92 Å². The molecule has 1 aliphatic heterocycles. The lowest BCUT2D eigenvalue weighted by Crippen LogP contribution is -2.44. The normalized spacial score (nSPS) is 19.4. The highest BCUT2D eigenvalue weighted by Crippen LogP contribution is 2.21. The van der Waals surface area contributed by atoms with Gasteiger partial charge in [-0.1, -0.05) is 0 Å². The fraction of sp³-hybridized carbons (Fsp3) is 0.500. The maximum absolute atomic E-state index is 12.3. The van der Waals surface area contributed by atoms with E-state index < -0.39 is 0 Å². The molecule has 92 valence electrons. The summed E-state index contributed by atoms with van der Waals surface area (Å²) >= 11 is 0. The number of carbonyl (C=O) groups excluding carboxylic acids is 2. The Kier molecular flexibility index (Phi) is 3.17. The first-order valence-electron chi connectivity index (χ1n) is 5.71. The molecule has 5 nitrogen and oxygen atoms in total. The molecule has 0 radical (unpaired) electrons. The van der Waals surface area contributed by atoms with Gasteiger partial charge in [0.25, 0.3) is 5.91 Å². The van der Waals surface area contributed by atoms with Crippen molar-refractivity contribution in [1.82, 2.24) is 10.2 Å². The molecule has 17 heavy (non-hydrogen) atoms. The maximum atomic E-state index is 12.3. The quantitative estimate of drug-likeness (QED) is 0.802. The zero-order valence-corrected chi connectivity index (χ0v) is 10.0. The van der Waals surface area contributed by atoms with Gasteiger partial charge in [-0.2, -0.15) is 0 Å². The molecule has 0 spiro atoms. The number of nitrogens with zero attached hydrogens (tertiary/aromatic N) is 1. The summed E-state index contributed by atoms with van der Waals surface area (Å²) < 4.78 is 5.35. The number of furan rings is 1. The van der Waals surface area contributed by atoms with Gasteiger partial charge in [0.05, 0.1) is 5.56 Å². The SMILES string of the molecule is Cc1cc(C(=O)N2CCCC2NC=O)c(C)o1. The van der Waals surface area contributed by atoms with E-state index in [2.05, 4.69) is 5.32 Å². The van der Waals surface area contributed by atoms with Gasteiger partial charge in [-0.25, -0.2) is 0 Å². The highest BCUT2D eigenvalue weighted by molar-refractivity contribution is 5.95. The minimum atomic E-state index is -0.186. The zero-order chi connectivity index (χ0) is 12.4. The minimum Gasteiger partial charge on any atom is -0.466 e. The average Bonchev–Trinajstić information content (AvgIpc) is 2.85. The molecule has 0 bridgehead atoms. The van der Waals surface area contributed by atoms with Crippen LogP contribution < -0.4 is 5.32 Å². The van der Waals surface area contributed by atoms with E-state index >= 15 is 0 Å². The molecule has 1 unspecified atom stereocenters. The highest BCUT2D eigenvalue weighted by Gasteiger charge is 2.30. The van der Waals surface area contributed by atoms with Crippen LogP contribution >= 0.6 is 0 Å². The number of hydrogen-bond acceptors (Lipinski definition) is 3. The third-order valence-electron chi connectivity index (χ3n) is 3.05. The van der Waals surface area contributed by atoms with Crippen LogP contribution in [0.25, 0.3) is 0 Å². The van der Waals surface area contributed by atoms with Crippen molar-refractivity contribution >= 4 is 12.3 Å². The lowest BCUT2D eigenvalue weighted by Gasteiger charge is -2.23. The molecule has 5 heteroatoms. The topological polar surface area (TPSA) is 62.6 Å². The van der Waals surface area contributed by atoms with Gasteiger partial charge in [-0.3, -0.25) is 9.59 Å². The van der Waals surface area contributed by atoms with Crippen LogP contribution in [0.5, 0.6) is 0 Å². The summed E-state index contributed by atoms with van der Waals surface area (Å²) in [7, 11) is 0. The molecule has 0 aromatic carbocycles. The summed E-state index contributed by atoms with van der Waals surface area (Å²) in [6.07, 6.45) is 2.17. The Bertz CT molecular complexity index is 439. The van der Waals surface area contributed by atoms with E-state index in [4.69, 9.17) is 4.42 Å². The van der Waals surface area contributed by atoms with Crippen LogP contribution in [-0.4, -0.2) is 29.9 Å². The molecule has 1 N–H and O–H groups in total. The van der Waals surface area contributed by atoms with Gasteiger partial charge in [0, 0.05) is 6.54 Å². The third-order valence-corrected chi connectivity index (χ3v) is 3.05. The van der Waals surface area contributed by atoms with E-state index in [9.17, 15) is 9.59 Å². The summed E-state index contributed by atoms with van der Waals surface area (Å²) in [4.78, 5) is 24.4. The predicted octanol–water partition coefficient (Wildman–Crippen LogP) is 1.20. The molecule has 0 aliphatic carbocycles. The van der Waals surface area contributed by atoms with Crippen LogP contribution in [0.1, 0.15) is 34.7 Å². The Morgan fingerprint density at radius 1 is 1.59 bits per heavy atom. The first kappa shape index (κ1) is 11.7. The van der Waals surface area contributed by atoms with E-state index in [0.29, 0.717) is 24.3 Å². The van der Waals surface area contributed by atoms with E-state index in [1.54, 1.807) is 17.9 Å². The fourth-order valence-corrected chi connectivity index (χ4v) is 2.26. The van der Waals surface area contributed by atoms with Crippen LogP contribution in [0.15, 0.2) is 10.5 Å². The van der Waals surface area contributed by atoms with Gasteiger partial charge in [-0.05, 0) is 32.8 Å². The molecular formula is C12H16N2O3. The second-order valence-corrected chi connectivity index (χ2v) is 4.27. The Morgan fingerprint density at radius 3 is 2.94 bits per heavy atom. The monoisotopic (exact) mass is 236 g/mol. The van der Waals surface area contributed by atoms with Crippen molar-refractivity contribution in [1.29, 1.82) is 0 Å². The maximum Gasteiger partial charge on any atom is 0.259 e. The molecule has 1 fully saturated rings. The van der Waals surface area contributed by atoms with Crippen LogP contribution in [0.4, 0.5) is 0 Å². The smallest absolute Gasteiger partial charge is 0.259 e. The first-order valence-corrected chi connectivity index (χ1v) is 5.71. The molecular weight excluding hydrogens is 220 g/mol. The first-order chi connectivity index (χ1) is 8.13. The van der Waals surface area contributed by atoms with Gasteiger partial charge in [-0.15, -0.1) is 0 Å². The van der Waals surface area contributed by atoms with E-state index in [-0.39, 0.29) is 12.1 Å². The Morgan fingerprint density at radius 2 is 2.35 bits per heavy atom. The second-order valence-electron chi connectivity index (χ2n) is 4.27. The lowest BCUT2D eigenvalue weighted by molar-refractivity contribution is -0.110. The summed E-state index contributed by atoms with van der Waals surface area (Å²) in [5.74, 6) is 1.28. The van der Waals surface area contributed by atoms with Crippen molar-refractivity contribution in [3.63, 3.8) is 0 Å². The Hall–Kier alpha value is -1.78. The summed E-state index contributed by atoms with van der Waals surface area (Å²) in [6.45, 7) is 4.27. The molecule has 0 saturated carbocycles. The average molecular weight is 236 g/mol. The van der Waals surface area contributed by atoms with Gasteiger partial charge >= 0.3 is 0 Å². The van der Waals surface area contributed by atoms with Gasteiger partial charge < -0.3 is 14.6 Å². The number of nitrogens with one attached hydrogen (secondary N) is 1. The van der Waals surface area contributed by atoms with Crippen molar-refractivity contribution in [2.75, 3.05) is 6.54 Å². The van der Waals surface area contributed by atoms with Crippen LogP contribution in [-0.2, 0) is 4.79 Å². The lowest BCUT2D eigenvalue weighted by atomic mass is 10.2. The molecule has 1 aromatic heterocycles. The van der Waals surface area contributed by atoms with Gasteiger partial charge in [0.1, 0.15) is 17.7 Å². The number of carbonyl (C=O) groups is 2. The highest BCUT2D eigenvalue weighted by atomic mass is 16.3. The molecule has 1 aromatic rings. The fourth-order valence-electron chi connectivity index (χ4n) is 2.26. The number of amides is 2. The standard InChI is InChI=1S/C12H16N2O3/c1-8-6-10(9(2)17-8)12(16)14-5-3-4-11(14)13-7-15/h6-7,11H,3-5H2,1-2H3,(H,13,15). The molecule has 2 heterocycles. The largest absolute Gasteiger partial charge is 0.466 e. The second kappa shape index (κ2) is 4.61. The summed E-state index contributed by atoms with van der Waals surface area (Å²) in [6, 6.07) is 1.74. The number of aryl methyl sites for hydroxylation is 2. The van der Waals surface area contributed by atoms with Gasteiger partial charge in [0.15, 0.2) is 0 Å². The molecule has 2 rings (SSSR count). The summed E-state index contributed by atoms with van der Waals surface area (Å²) in [5, 5.41) is 2.67. The number of likely N-dealkylation sites (tertiary alicyclic amines) is 1. The minimum absolute atomic E-state index is 0.0730. The van der Waals surface area contributed by atoms with Crippen molar-refractivity contribution in [3.05, 3.63) is 23.2 Å². The Labute approximate surface area is 99.8 Å².